The quantitative estimate of drug-likeness (QED) is 0.683. The Morgan fingerprint density at radius 2 is 1.93 bits per heavy atom. The van der Waals surface area contributed by atoms with Crippen LogP contribution in [0.15, 0.2) is 0 Å². The molecular formula is C10H21NO2S. The fraction of sp³-hybridized carbons (Fsp3) is 1.00. The van der Waals surface area contributed by atoms with Gasteiger partial charge in [-0.15, -0.1) is 0 Å². The van der Waals surface area contributed by atoms with Gasteiger partial charge in [0.1, 0.15) is 0 Å². The first-order valence-electron chi connectivity index (χ1n) is 5.43. The Bertz CT molecular complexity index is 247. The summed E-state index contributed by atoms with van der Waals surface area (Å²) < 4.78 is 21.7. The fourth-order valence-electron chi connectivity index (χ4n) is 1.67. The van der Waals surface area contributed by atoms with Gasteiger partial charge in [-0.2, -0.15) is 0 Å². The van der Waals surface area contributed by atoms with Gasteiger partial charge in [0.05, 0.1) is 11.5 Å². The average molecular weight is 219 g/mol. The van der Waals surface area contributed by atoms with Crippen molar-refractivity contribution in [2.45, 2.75) is 39.2 Å². The second-order valence-electron chi connectivity index (χ2n) is 4.62. The van der Waals surface area contributed by atoms with Crippen LogP contribution in [-0.2, 0) is 9.84 Å². The molecule has 0 spiro atoms. The monoisotopic (exact) mass is 219 g/mol. The Hall–Kier alpha value is -0.0900. The van der Waals surface area contributed by atoms with Crippen molar-refractivity contribution < 1.29 is 8.42 Å². The largest absolute Gasteiger partial charge is 0.312 e. The van der Waals surface area contributed by atoms with Crippen molar-refractivity contribution in [3.05, 3.63) is 0 Å². The minimum atomic E-state index is -2.65. The van der Waals surface area contributed by atoms with Crippen LogP contribution in [0.2, 0.25) is 0 Å². The molecule has 0 aromatic rings. The van der Waals surface area contributed by atoms with E-state index in [0.717, 1.165) is 18.9 Å². The van der Waals surface area contributed by atoms with Crippen molar-refractivity contribution in [2.24, 2.45) is 5.92 Å². The van der Waals surface area contributed by atoms with Gasteiger partial charge in [0.15, 0.2) is 9.84 Å². The molecule has 1 aliphatic heterocycles. The van der Waals surface area contributed by atoms with Gasteiger partial charge in [-0.25, -0.2) is 8.42 Å². The fourth-order valence-corrected chi connectivity index (χ4v) is 3.03. The van der Waals surface area contributed by atoms with Crippen LogP contribution in [0, 0.1) is 5.92 Å². The van der Waals surface area contributed by atoms with Gasteiger partial charge in [-0.3, -0.25) is 0 Å². The maximum atomic E-state index is 10.8. The lowest BCUT2D eigenvalue weighted by molar-refractivity contribution is 0.481. The zero-order valence-corrected chi connectivity index (χ0v) is 9.94. The van der Waals surface area contributed by atoms with E-state index < -0.39 is 9.84 Å². The topological polar surface area (TPSA) is 46.2 Å². The molecule has 1 heterocycles. The SMILES string of the molecule is CC(C)CCCCNC1CS(=O)(=O)C1. The summed E-state index contributed by atoms with van der Waals surface area (Å²) in [5, 5.41) is 3.27. The van der Waals surface area contributed by atoms with Crippen molar-refractivity contribution >= 4 is 9.84 Å². The second kappa shape index (κ2) is 5.12. The van der Waals surface area contributed by atoms with E-state index >= 15 is 0 Å². The number of hydrogen-bond donors (Lipinski definition) is 1. The van der Waals surface area contributed by atoms with Gasteiger partial charge in [-0.1, -0.05) is 26.7 Å². The van der Waals surface area contributed by atoms with Gasteiger partial charge in [0.2, 0.25) is 0 Å². The molecule has 1 rings (SSSR count). The van der Waals surface area contributed by atoms with Gasteiger partial charge in [0, 0.05) is 6.04 Å². The molecule has 0 aromatic heterocycles. The standard InChI is InChI=1S/C10H21NO2S/c1-9(2)5-3-4-6-11-10-7-14(12,13)8-10/h9-11H,3-8H2,1-2H3. The number of sulfone groups is 1. The highest BCUT2D eigenvalue weighted by Gasteiger charge is 2.32. The predicted octanol–water partition coefficient (Wildman–Crippen LogP) is 1.20. The number of hydrogen-bond acceptors (Lipinski definition) is 3. The van der Waals surface area contributed by atoms with E-state index in [1.165, 1.54) is 12.8 Å². The zero-order valence-electron chi connectivity index (χ0n) is 9.12. The van der Waals surface area contributed by atoms with Crippen molar-refractivity contribution in [3.8, 4) is 0 Å². The Morgan fingerprint density at radius 3 is 2.43 bits per heavy atom. The van der Waals surface area contributed by atoms with E-state index in [0.29, 0.717) is 11.5 Å². The first kappa shape index (κ1) is 12.0. The number of unbranched alkanes of at least 4 members (excludes halogenated alkanes) is 1. The Balaban J connectivity index is 1.91. The van der Waals surface area contributed by atoms with E-state index in [1.54, 1.807) is 0 Å². The molecule has 1 N–H and O–H groups in total. The minimum Gasteiger partial charge on any atom is -0.312 e. The van der Waals surface area contributed by atoms with E-state index in [1.807, 2.05) is 0 Å². The molecule has 0 atom stereocenters. The van der Waals surface area contributed by atoms with E-state index in [2.05, 4.69) is 19.2 Å². The number of nitrogens with one attached hydrogen (secondary N) is 1. The highest BCUT2D eigenvalue weighted by Crippen LogP contribution is 2.10. The summed E-state index contributed by atoms with van der Waals surface area (Å²) in [5.74, 6) is 1.47. The lowest BCUT2D eigenvalue weighted by Crippen LogP contribution is -2.51. The van der Waals surface area contributed by atoms with Crippen LogP contribution in [0.3, 0.4) is 0 Å². The highest BCUT2D eigenvalue weighted by molar-refractivity contribution is 7.92. The summed E-state index contributed by atoms with van der Waals surface area (Å²) in [6.45, 7) is 5.42. The maximum Gasteiger partial charge on any atom is 0.153 e. The Morgan fingerprint density at radius 1 is 1.29 bits per heavy atom. The molecular weight excluding hydrogens is 198 g/mol. The smallest absolute Gasteiger partial charge is 0.153 e. The molecule has 0 saturated carbocycles. The summed E-state index contributed by atoms with van der Waals surface area (Å²) >= 11 is 0. The molecule has 3 nitrogen and oxygen atoms in total. The molecule has 0 aliphatic carbocycles. The zero-order chi connectivity index (χ0) is 10.6. The molecule has 0 aromatic carbocycles. The van der Waals surface area contributed by atoms with Crippen LogP contribution >= 0.6 is 0 Å². The van der Waals surface area contributed by atoms with E-state index in [4.69, 9.17) is 0 Å². The lowest BCUT2D eigenvalue weighted by Gasteiger charge is -2.26. The van der Waals surface area contributed by atoms with Crippen molar-refractivity contribution in [1.82, 2.24) is 5.32 Å². The highest BCUT2D eigenvalue weighted by atomic mass is 32.2. The molecule has 0 amide bonds. The van der Waals surface area contributed by atoms with E-state index in [-0.39, 0.29) is 6.04 Å². The predicted molar refractivity (Wildman–Crippen MR) is 59.1 cm³/mol. The average Bonchev–Trinajstić information content (AvgIpc) is 1.99. The van der Waals surface area contributed by atoms with Crippen molar-refractivity contribution in [1.29, 1.82) is 0 Å². The Kier molecular flexibility index (Phi) is 4.38. The first-order chi connectivity index (χ1) is 6.49. The van der Waals surface area contributed by atoms with Gasteiger partial charge in [-0.05, 0) is 18.9 Å². The van der Waals surface area contributed by atoms with Crippen LogP contribution < -0.4 is 5.32 Å². The summed E-state index contributed by atoms with van der Waals surface area (Å²) in [6.07, 6.45) is 3.67. The first-order valence-corrected chi connectivity index (χ1v) is 7.25. The normalized spacial score (nSPS) is 21.1. The Labute approximate surface area is 87.2 Å². The van der Waals surface area contributed by atoms with Crippen molar-refractivity contribution in [2.75, 3.05) is 18.1 Å². The minimum absolute atomic E-state index is 0.235. The third kappa shape index (κ3) is 4.42. The molecule has 0 radical (unpaired) electrons. The summed E-state index contributed by atoms with van der Waals surface area (Å²) in [4.78, 5) is 0. The molecule has 1 aliphatic rings. The van der Waals surface area contributed by atoms with Gasteiger partial charge >= 0.3 is 0 Å². The molecule has 84 valence electrons. The third-order valence-corrected chi connectivity index (χ3v) is 4.37. The van der Waals surface area contributed by atoms with E-state index in [9.17, 15) is 8.42 Å². The summed E-state index contributed by atoms with van der Waals surface area (Å²) in [7, 11) is -2.65. The van der Waals surface area contributed by atoms with Crippen LogP contribution in [0.1, 0.15) is 33.1 Å². The molecule has 14 heavy (non-hydrogen) atoms. The third-order valence-electron chi connectivity index (χ3n) is 2.55. The molecule has 0 bridgehead atoms. The van der Waals surface area contributed by atoms with Gasteiger partial charge in [0.25, 0.3) is 0 Å². The molecule has 1 fully saturated rings. The lowest BCUT2D eigenvalue weighted by atomic mass is 10.1. The van der Waals surface area contributed by atoms with Crippen molar-refractivity contribution in [3.63, 3.8) is 0 Å². The van der Waals surface area contributed by atoms with Crippen LogP contribution in [0.25, 0.3) is 0 Å². The van der Waals surface area contributed by atoms with Crippen LogP contribution in [0.5, 0.6) is 0 Å². The molecule has 1 saturated heterocycles. The molecule has 0 unspecified atom stereocenters. The van der Waals surface area contributed by atoms with Gasteiger partial charge < -0.3 is 5.32 Å². The summed E-state index contributed by atoms with van der Waals surface area (Å²) in [6, 6.07) is 0.235. The van der Waals surface area contributed by atoms with Crippen LogP contribution in [-0.4, -0.2) is 32.5 Å². The second-order valence-corrected chi connectivity index (χ2v) is 6.77. The molecule has 4 heteroatoms. The maximum absolute atomic E-state index is 10.8. The summed E-state index contributed by atoms with van der Waals surface area (Å²) in [5.41, 5.74) is 0. The van der Waals surface area contributed by atoms with Crippen LogP contribution in [0.4, 0.5) is 0 Å². The number of rotatable bonds is 6.